The molecule has 3 fully saturated rings. The second-order valence-electron chi connectivity index (χ2n) is 15.4. The molecule has 2 aliphatic heterocycles. The molecule has 2 aromatic rings. The van der Waals surface area contributed by atoms with Crippen LogP contribution in [0, 0.1) is 25.2 Å². The van der Waals surface area contributed by atoms with Crippen LogP contribution in [0.2, 0.25) is 0 Å². The van der Waals surface area contributed by atoms with E-state index < -0.39 is 21.6 Å². The molecule has 0 spiro atoms. The van der Waals surface area contributed by atoms with Crippen molar-refractivity contribution in [2.75, 3.05) is 25.1 Å². The molecule has 4 bridgehead atoms. The van der Waals surface area contributed by atoms with Crippen LogP contribution in [0.4, 0.5) is 5.82 Å². The fraction of sp³-hybridized carbons (Fsp3) is 0.714. The van der Waals surface area contributed by atoms with Gasteiger partial charge in [-0.3, -0.25) is 15.5 Å². The molecule has 0 radical (unpaired) electrons. The summed E-state index contributed by atoms with van der Waals surface area (Å²) in [7, 11) is -1.53. The number of hydrogen-bond acceptors (Lipinski definition) is 9. The predicted molar refractivity (Wildman–Crippen MR) is 185 cm³/mol. The van der Waals surface area contributed by atoms with Crippen molar-refractivity contribution in [2.24, 2.45) is 11.3 Å². The lowest BCUT2D eigenvalue weighted by molar-refractivity contribution is -0.0518. The number of fused-ring (bicyclic) bond motifs is 4. The third kappa shape index (κ3) is 8.85. The van der Waals surface area contributed by atoms with Crippen molar-refractivity contribution in [1.29, 1.82) is 0 Å². The molecule has 0 amide bonds. The molecule has 10 nitrogen and oxygen atoms in total. The Morgan fingerprint density at radius 3 is 2.52 bits per heavy atom. The summed E-state index contributed by atoms with van der Waals surface area (Å²) < 4.78 is 37.6. The zero-order valence-electron chi connectivity index (χ0n) is 29.2. The standard InChI is InChI=1S/C35H57N7O3S/c1-23(2)41(8)31-15-16-36-30(38-31)21-42-20-26-13-10-14-28(17-26)46(43,44)40-34-37-29(33-24(3)11-9-12-25(33)4)18-32(39-34)45-22-27(42)19-35(5,6)7/h9,11-12,15-16,23,26-29,32,34,37,39-40H,10,13-14,17-22H2,1-8H3/t26?,27-,28?,29?,32?,34?/m1/s1. The first-order valence-electron chi connectivity index (χ1n) is 17.2. The Balaban J connectivity index is 1.50. The highest BCUT2D eigenvalue weighted by Gasteiger charge is 2.39. The normalized spacial score (nSPS) is 29.4. The number of nitrogens with zero attached hydrogens (tertiary/aromatic N) is 4. The molecule has 46 heavy (non-hydrogen) atoms. The lowest BCUT2D eigenvalue weighted by Crippen LogP contribution is -2.64. The zero-order valence-corrected chi connectivity index (χ0v) is 30.0. The molecular formula is C35H57N7O3S. The van der Waals surface area contributed by atoms with Crippen molar-refractivity contribution in [1.82, 2.24) is 30.2 Å². The summed E-state index contributed by atoms with van der Waals surface area (Å²) in [5.41, 5.74) is 3.65. The number of nitrogens with one attached hydrogen (secondary N) is 3. The fourth-order valence-electron chi connectivity index (χ4n) is 7.51. The van der Waals surface area contributed by atoms with E-state index in [4.69, 9.17) is 14.7 Å². The lowest BCUT2D eigenvalue weighted by Gasteiger charge is -2.40. The highest BCUT2D eigenvalue weighted by Crippen LogP contribution is 2.34. The summed E-state index contributed by atoms with van der Waals surface area (Å²) in [4.78, 5) is 14.4. The van der Waals surface area contributed by atoms with Gasteiger partial charge < -0.3 is 9.64 Å². The van der Waals surface area contributed by atoms with E-state index in [0.717, 1.165) is 37.4 Å². The van der Waals surface area contributed by atoms with E-state index >= 15 is 0 Å². The SMILES string of the molecule is Cc1cccc(C)c1C1CC2NC(N1)NS(=O)(=O)C1CCCC(C1)CN(Cc1nccc(N(C)C(C)C)n1)[C@H](CC(C)(C)C)CO2. The van der Waals surface area contributed by atoms with Crippen LogP contribution in [0.5, 0.6) is 0 Å². The maximum absolute atomic E-state index is 13.9. The minimum absolute atomic E-state index is 0.0596. The van der Waals surface area contributed by atoms with Gasteiger partial charge in [0.1, 0.15) is 24.2 Å². The minimum Gasteiger partial charge on any atom is -0.362 e. The van der Waals surface area contributed by atoms with Gasteiger partial charge >= 0.3 is 0 Å². The van der Waals surface area contributed by atoms with Gasteiger partial charge in [0.2, 0.25) is 10.0 Å². The van der Waals surface area contributed by atoms with Crippen LogP contribution in [0.1, 0.15) is 102 Å². The summed E-state index contributed by atoms with van der Waals surface area (Å²) in [5.74, 6) is 1.94. The number of hydrogen-bond donors (Lipinski definition) is 3. The molecule has 1 saturated carbocycles. The van der Waals surface area contributed by atoms with Crippen LogP contribution in [0.15, 0.2) is 30.5 Å². The van der Waals surface area contributed by atoms with E-state index in [9.17, 15) is 8.42 Å². The van der Waals surface area contributed by atoms with Crippen molar-refractivity contribution in [3.05, 3.63) is 53.0 Å². The molecule has 6 atom stereocenters. The second kappa shape index (κ2) is 14.5. The molecule has 1 aromatic heterocycles. The van der Waals surface area contributed by atoms with E-state index in [2.05, 4.69) is 98.9 Å². The Labute approximate surface area is 277 Å². The first kappa shape index (κ1) is 35.2. The number of aryl methyl sites for hydroxylation is 2. The maximum Gasteiger partial charge on any atom is 0.216 e. The van der Waals surface area contributed by atoms with E-state index in [-0.39, 0.29) is 29.6 Å². The largest absolute Gasteiger partial charge is 0.362 e. The highest BCUT2D eigenvalue weighted by atomic mass is 32.2. The van der Waals surface area contributed by atoms with Crippen LogP contribution in [0.25, 0.3) is 0 Å². The lowest BCUT2D eigenvalue weighted by atomic mass is 9.85. The smallest absolute Gasteiger partial charge is 0.216 e. The average molecular weight is 656 g/mol. The van der Waals surface area contributed by atoms with E-state index in [1.54, 1.807) is 0 Å². The summed E-state index contributed by atoms with van der Waals surface area (Å²) in [5, 5.41) is 6.61. The van der Waals surface area contributed by atoms with Crippen LogP contribution >= 0.6 is 0 Å². The summed E-state index contributed by atoms with van der Waals surface area (Å²) in [6.45, 7) is 17.3. The molecule has 5 unspecified atom stereocenters. The van der Waals surface area contributed by atoms with Crippen molar-refractivity contribution in [3.8, 4) is 0 Å². The van der Waals surface area contributed by atoms with Crippen LogP contribution in [-0.2, 0) is 21.3 Å². The molecular weight excluding hydrogens is 598 g/mol. The average Bonchev–Trinajstić information content (AvgIpc) is 2.98. The first-order chi connectivity index (χ1) is 21.7. The van der Waals surface area contributed by atoms with E-state index in [0.29, 0.717) is 38.5 Å². The van der Waals surface area contributed by atoms with Crippen LogP contribution in [-0.4, -0.2) is 73.3 Å². The Bertz CT molecular complexity index is 1410. The molecule has 3 heterocycles. The molecule has 3 aliphatic rings. The van der Waals surface area contributed by atoms with Crippen molar-refractivity contribution >= 4 is 15.8 Å². The summed E-state index contributed by atoms with van der Waals surface area (Å²) in [6.07, 6.45) is 5.74. The van der Waals surface area contributed by atoms with Gasteiger partial charge in [0.05, 0.1) is 18.4 Å². The monoisotopic (exact) mass is 655 g/mol. The van der Waals surface area contributed by atoms with Gasteiger partial charge in [-0.1, -0.05) is 45.4 Å². The van der Waals surface area contributed by atoms with Gasteiger partial charge in [-0.15, -0.1) is 0 Å². The molecule has 3 N–H and O–H groups in total. The number of aromatic nitrogens is 2. The van der Waals surface area contributed by atoms with Gasteiger partial charge in [-0.05, 0) is 87.5 Å². The minimum atomic E-state index is -3.59. The molecule has 1 aliphatic carbocycles. The number of rotatable bonds is 6. The predicted octanol–water partition coefficient (Wildman–Crippen LogP) is 4.99. The van der Waals surface area contributed by atoms with Crippen LogP contribution in [0.3, 0.4) is 0 Å². The van der Waals surface area contributed by atoms with Gasteiger partial charge in [0, 0.05) is 44.3 Å². The topological polar surface area (TPSA) is 112 Å². The molecule has 1 aromatic carbocycles. The van der Waals surface area contributed by atoms with Crippen LogP contribution < -0.4 is 20.3 Å². The quantitative estimate of drug-likeness (QED) is 0.397. The third-order valence-corrected chi connectivity index (χ3v) is 11.9. The van der Waals surface area contributed by atoms with E-state index in [1.165, 1.54) is 16.7 Å². The summed E-state index contributed by atoms with van der Waals surface area (Å²) >= 11 is 0. The number of anilines is 1. The molecule has 5 rings (SSSR count). The molecule has 2 saturated heterocycles. The number of benzene rings is 1. The van der Waals surface area contributed by atoms with Gasteiger partial charge in [0.25, 0.3) is 0 Å². The number of sulfonamides is 1. The molecule has 256 valence electrons. The van der Waals surface area contributed by atoms with Gasteiger partial charge in [-0.25, -0.2) is 18.4 Å². The Morgan fingerprint density at radius 2 is 1.83 bits per heavy atom. The second-order valence-corrected chi connectivity index (χ2v) is 17.4. The Morgan fingerprint density at radius 1 is 1.09 bits per heavy atom. The van der Waals surface area contributed by atoms with E-state index in [1.807, 2.05) is 12.3 Å². The Kier molecular flexibility index (Phi) is 11.1. The van der Waals surface area contributed by atoms with Crippen molar-refractivity contribution in [2.45, 2.75) is 129 Å². The third-order valence-electron chi connectivity index (χ3n) is 10.0. The fourth-order valence-corrected chi connectivity index (χ4v) is 9.17. The molecule has 11 heteroatoms. The summed E-state index contributed by atoms with van der Waals surface area (Å²) in [6, 6.07) is 8.65. The maximum atomic E-state index is 13.9. The highest BCUT2D eigenvalue weighted by molar-refractivity contribution is 7.90. The Hall–Kier alpha value is -2.15. The zero-order chi connectivity index (χ0) is 33.2. The van der Waals surface area contributed by atoms with Crippen molar-refractivity contribution in [3.63, 3.8) is 0 Å². The van der Waals surface area contributed by atoms with Gasteiger partial charge in [0.15, 0.2) is 0 Å². The van der Waals surface area contributed by atoms with Crippen molar-refractivity contribution < 1.29 is 13.2 Å². The first-order valence-corrected chi connectivity index (χ1v) is 18.7. The number of ether oxygens (including phenoxy) is 1. The van der Waals surface area contributed by atoms with Gasteiger partial charge in [-0.2, -0.15) is 4.72 Å².